The van der Waals surface area contributed by atoms with Crippen molar-refractivity contribution in [2.24, 2.45) is 14.1 Å². The number of hydrogen-bond donors (Lipinski definition) is 1. The Kier molecular flexibility index (Phi) is 4.72. The number of aryl methyl sites for hydroxylation is 3. The molecule has 0 atom stereocenters. The van der Waals surface area contributed by atoms with E-state index in [4.69, 9.17) is 0 Å². The van der Waals surface area contributed by atoms with Crippen molar-refractivity contribution in [2.75, 3.05) is 0 Å². The number of hydrogen-bond acceptors (Lipinski definition) is 3. The van der Waals surface area contributed by atoms with E-state index in [0.29, 0.717) is 0 Å². The second-order valence-electron chi connectivity index (χ2n) is 3.96. The third kappa shape index (κ3) is 3.31. The van der Waals surface area contributed by atoms with Crippen LogP contribution in [0.1, 0.15) is 17.0 Å². The molecule has 2 rings (SSSR count). The molecule has 0 radical (unpaired) electrons. The van der Waals surface area contributed by atoms with E-state index in [9.17, 15) is 0 Å². The maximum absolute atomic E-state index is 4.30. The number of nitrogens with zero attached hydrogens (tertiary/aromatic N) is 4. The highest BCUT2D eigenvalue weighted by molar-refractivity contribution is 5.85. The summed E-state index contributed by atoms with van der Waals surface area (Å²) in [5.41, 5.74) is 3.51. The normalized spacial score (nSPS) is 10.3. The van der Waals surface area contributed by atoms with E-state index in [1.165, 1.54) is 11.3 Å². The molecule has 0 amide bonds. The second-order valence-corrected chi connectivity index (χ2v) is 3.96. The van der Waals surface area contributed by atoms with Crippen molar-refractivity contribution in [3.05, 3.63) is 35.4 Å². The molecular weight excluding hydrogens is 238 g/mol. The lowest BCUT2D eigenvalue weighted by atomic mass is 10.2. The van der Waals surface area contributed by atoms with Gasteiger partial charge in [-0.2, -0.15) is 10.2 Å². The molecule has 0 saturated carbocycles. The summed E-state index contributed by atoms with van der Waals surface area (Å²) >= 11 is 0. The molecule has 0 aromatic carbocycles. The first-order valence-corrected chi connectivity index (χ1v) is 5.33. The fourth-order valence-electron chi connectivity index (χ4n) is 1.72. The summed E-state index contributed by atoms with van der Waals surface area (Å²) in [5.74, 6) is 0. The largest absolute Gasteiger partial charge is 0.307 e. The van der Waals surface area contributed by atoms with Gasteiger partial charge >= 0.3 is 0 Å². The van der Waals surface area contributed by atoms with Crippen molar-refractivity contribution < 1.29 is 0 Å². The quantitative estimate of drug-likeness (QED) is 0.892. The molecule has 0 aliphatic carbocycles. The molecule has 0 bridgehead atoms. The van der Waals surface area contributed by atoms with Crippen molar-refractivity contribution >= 4 is 12.4 Å². The second kappa shape index (κ2) is 5.84. The number of rotatable bonds is 4. The van der Waals surface area contributed by atoms with E-state index in [1.54, 1.807) is 0 Å². The number of aromatic nitrogens is 4. The average Bonchev–Trinajstić information content (AvgIpc) is 2.75. The number of nitrogens with one attached hydrogen (secondary N) is 1. The summed E-state index contributed by atoms with van der Waals surface area (Å²) in [6.07, 6.45) is 3.86. The first-order chi connectivity index (χ1) is 7.66. The zero-order valence-electron chi connectivity index (χ0n) is 10.3. The summed E-state index contributed by atoms with van der Waals surface area (Å²) < 4.78 is 3.72. The van der Waals surface area contributed by atoms with Gasteiger partial charge in [-0.25, -0.2) is 0 Å². The molecule has 0 aliphatic rings. The van der Waals surface area contributed by atoms with E-state index in [2.05, 4.69) is 15.5 Å². The standard InChI is InChI=1S/C11H17N5.ClH/c1-9-10(8-15(2)14-9)6-12-7-11-4-5-13-16(11)3;/h4-5,8,12H,6-7H2,1-3H3;1H. The smallest absolute Gasteiger partial charge is 0.0638 e. The molecule has 0 fully saturated rings. The van der Waals surface area contributed by atoms with Crippen LogP contribution in [0.4, 0.5) is 0 Å². The van der Waals surface area contributed by atoms with Crippen molar-refractivity contribution in [3.8, 4) is 0 Å². The summed E-state index contributed by atoms with van der Waals surface area (Å²) in [5, 5.41) is 11.8. The van der Waals surface area contributed by atoms with Gasteiger partial charge in [0.1, 0.15) is 0 Å². The summed E-state index contributed by atoms with van der Waals surface area (Å²) in [6, 6.07) is 2.02. The van der Waals surface area contributed by atoms with E-state index < -0.39 is 0 Å². The fraction of sp³-hybridized carbons (Fsp3) is 0.455. The predicted molar refractivity (Wildman–Crippen MR) is 68.9 cm³/mol. The molecular formula is C11H18ClN5. The molecule has 2 aromatic rings. The molecule has 0 saturated heterocycles. The lowest BCUT2D eigenvalue weighted by molar-refractivity contribution is 0.625. The van der Waals surface area contributed by atoms with Gasteiger partial charge in [0.15, 0.2) is 0 Å². The summed E-state index contributed by atoms with van der Waals surface area (Å²) in [6.45, 7) is 3.69. The average molecular weight is 256 g/mol. The molecule has 0 spiro atoms. The monoisotopic (exact) mass is 255 g/mol. The topological polar surface area (TPSA) is 47.7 Å². The first-order valence-electron chi connectivity index (χ1n) is 5.33. The minimum absolute atomic E-state index is 0. The van der Waals surface area contributed by atoms with Crippen molar-refractivity contribution in [1.29, 1.82) is 0 Å². The van der Waals surface area contributed by atoms with Crippen LogP contribution in [0, 0.1) is 6.92 Å². The molecule has 94 valence electrons. The van der Waals surface area contributed by atoms with Crippen LogP contribution < -0.4 is 5.32 Å². The van der Waals surface area contributed by atoms with Gasteiger partial charge in [-0.05, 0) is 13.0 Å². The Morgan fingerprint density at radius 3 is 2.59 bits per heavy atom. The zero-order chi connectivity index (χ0) is 11.5. The van der Waals surface area contributed by atoms with E-state index in [-0.39, 0.29) is 12.4 Å². The van der Waals surface area contributed by atoms with Crippen molar-refractivity contribution in [2.45, 2.75) is 20.0 Å². The number of halogens is 1. The van der Waals surface area contributed by atoms with Gasteiger partial charge in [-0.3, -0.25) is 9.36 Å². The molecule has 5 nitrogen and oxygen atoms in total. The van der Waals surface area contributed by atoms with Gasteiger partial charge in [0.05, 0.1) is 11.4 Å². The van der Waals surface area contributed by atoms with E-state index in [0.717, 1.165) is 18.8 Å². The van der Waals surface area contributed by atoms with E-state index in [1.807, 2.05) is 48.8 Å². The lowest BCUT2D eigenvalue weighted by Crippen LogP contribution is -2.15. The molecule has 0 unspecified atom stereocenters. The maximum atomic E-state index is 4.30. The van der Waals surface area contributed by atoms with Crippen LogP contribution in [0.2, 0.25) is 0 Å². The maximum Gasteiger partial charge on any atom is 0.0638 e. The van der Waals surface area contributed by atoms with Gasteiger partial charge in [-0.1, -0.05) is 0 Å². The minimum atomic E-state index is 0. The van der Waals surface area contributed by atoms with Crippen LogP contribution in [0.3, 0.4) is 0 Å². The minimum Gasteiger partial charge on any atom is -0.307 e. The lowest BCUT2D eigenvalue weighted by Gasteiger charge is -2.04. The highest BCUT2D eigenvalue weighted by Gasteiger charge is 2.03. The zero-order valence-corrected chi connectivity index (χ0v) is 11.2. The Morgan fingerprint density at radius 2 is 2.06 bits per heavy atom. The predicted octanol–water partition coefficient (Wildman–Crippen LogP) is 1.17. The molecule has 1 N–H and O–H groups in total. The molecule has 17 heavy (non-hydrogen) atoms. The molecule has 0 aliphatic heterocycles. The molecule has 6 heteroatoms. The van der Waals surface area contributed by atoms with Crippen LogP contribution in [0.25, 0.3) is 0 Å². The van der Waals surface area contributed by atoms with Crippen LogP contribution in [0.5, 0.6) is 0 Å². The fourth-order valence-corrected chi connectivity index (χ4v) is 1.72. The molecule has 2 aromatic heterocycles. The Labute approximate surface area is 107 Å². The van der Waals surface area contributed by atoms with Gasteiger partial charge in [0, 0.05) is 45.1 Å². The Balaban J connectivity index is 0.00000144. The Bertz CT molecular complexity index is 474. The third-order valence-electron chi connectivity index (χ3n) is 2.66. The third-order valence-corrected chi connectivity index (χ3v) is 2.66. The van der Waals surface area contributed by atoms with Crippen LogP contribution in [0.15, 0.2) is 18.5 Å². The molecule has 2 heterocycles. The van der Waals surface area contributed by atoms with Crippen molar-refractivity contribution in [3.63, 3.8) is 0 Å². The summed E-state index contributed by atoms with van der Waals surface area (Å²) in [7, 11) is 3.89. The SMILES string of the molecule is Cc1nn(C)cc1CNCc1ccnn1C.Cl. The van der Waals surface area contributed by atoms with Gasteiger partial charge in [0.25, 0.3) is 0 Å². The van der Waals surface area contributed by atoms with Gasteiger partial charge < -0.3 is 5.32 Å². The van der Waals surface area contributed by atoms with Crippen LogP contribution >= 0.6 is 12.4 Å². The van der Waals surface area contributed by atoms with Gasteiger partial charge in [-0.15, -0.1) is 12.4 Å². The van der Waals surface area contributed by atoms with Crippen molar-refractivity contribution in [1.82, 2.24) is 24.9 Å². The van der Waals surface area contributed by atoms with Crippen LogP contribution in [-0.4, -0.2) is 19.6 Å². The van der Waals surface area contributed by atoms with Crippen LogP contribution in [-0.2, 0) is 27.2 Å². The highest BCUT2D eigenvalue weighted by Crippen LogP contribution is 2.04. The summed E-state index contributed by atoms with van der Waals surface area (Å²) in [4.78, 5) is 0. The Morgan fingerprint density at radius 1 is 1.29 bits per heavy atom. The highest BCUT2D eigenvalue weighted by atomic mass is 35.5. The van der Waals surface area contributed by atoms with E-state index >= 15 is 0 Å². The Hall–Kier alpha value is -1.33. The van der Waals surface area contributed by atoms with Gasteiger partial charge in [0.2, 0.25) is 0 Å². The first kappa shape index (κ1) is 13.7.